The van der Waals surface area contributed by atoms with Crippen molar-refractivity contribution in [2.24, 2.45) is 5.73 Å². The number of hydrogen-bond donors (Lipinski definition) is 2. The third kappa shape index (κ3) is 3.64. The Hall–Kier alpha value is -2.21. The third-order valence-electron chi connectivity index (χ3n) is 2.98. The molecule has 0 aliphatic rings. The second-order valence-electron chi connectivity index (χ2n) is 4.61. The molecular weight excluding hydrogens is 254 g/mol. The van der Waals surface area contributed by atoms with Gasteiger partial charge in [0.25, 0.3) is 0 Å². The molecule has 3 N–H and O–H groups in total. The minimum atomic E-state index is -0.435. The van der Waals surface area contributed by atoms with Gasteiger partial charge < -0.3 is 11.1 Å². The lowest BCUT2D eigenvalue weighted by Gasteiger charge is -2.11. The minimum absolute atomic E-state index is 0.118. The van der Waals surface area contributed by atoms with Crippen molar-refractivity contribution in [2.75, 3.05) is 0 Å². The van der Waals surface area contributed by atoms with Crippen molar-refractivity contribution in [3.63, 3.8) is 0 Å². The summed E-state index contributed by atoms with van der Waals surface area (Å²) in [5, 5.41) is 2.84. The SMILES string of the molecule is CCCC(N)C(=O)NCc1ccnc(-n2ccnc2)c1. The predicted octanol–water partition coefficient (Wildman–Crippen LogP) is 1.01. The van der Waals surface area contributed by atoms with Gasteiger partial charge in [-0.3, -0.25) is 9.36 Å². The summed E-state index contributed by atoms with van der Waals surface area (Å²) in [7, 11) is 0. The number of imidazole rings is 1. The van der Waals surface area contributed by atoms with E-state index in [-0.39, 0.29) is 5.91 Å². The predicted molar refractivity (Wildman–Crippen MR) is 76.1 cm³/mol. The van der Waals surface area contributed by atoms with Crippen molar-refractivity contribution in [3.8, 4) is 5.82 Å². The van der Waals surface area contributed by atoms with Crippen LogP contribution >= 0.6 is 0 Å². The van der Waals surface area contributed by atoms with E-state index in [1.807, 2.05) is 29.8 Å². The number of nitrogens with one attached hydrogen (secondary N) is 1. The summed E-state index contributed by atoms with van der Waals surface area (Å²) in [5.41, 5.74) is 6.74. The monoisotopic (exact) mass is 273 g/mol. The smallest absolute Gasteiger partial charge is 0.237 e. The number of rotatable bonds is 6. The number of pyridine rings is 1. The molecule has 0 spiro atoms. The van der Waals surface area contributed by atoms with E-state index < -0.39 is 6.04 Å². The van der Waals surface area contributed by atoms with E-state index in [4.69, 9.17) is 5.73 Å². The quantitative estimate of drug-likeness (QED) is 0.822. The fourth-order valence-electron chi connectivity index (χ4n) is 1.87. The topological polar surface area (TPSA) is 85.8 Å². The number of nitrogens with two attached hydrogens (primary N) is 1. The zero-order valence-electron chi connectivity index (χ0n) is 11.5. The Kier molecular flexibility index (Phi) is 4.84. The Labute approximate surface area is 118 Å². The van der Waals surface area contributed by atoms with Gasteiger partial charge in [0.05, 0.1) is 6.04 Å². The summed E-state index contributed by atoms with van der Waals surface area (Å²) in [6, 6.07) is 3.34. The molecule has 0 saturated carbocycles. The molecule has 0 aromatic carbocycles. The van der Waals surface area contributed by atoms with E-state index in [0.29, 0.717) is 13.0 Å². The van der Waals surface area contributed by atoms with Gasteiger partial charge in [-0.15, -0.1) is 0 Å². The van der Waals surface area contributed by atoms with Crippen molar-refractivity contribution >= 4 is 5.91 Å². The van der Waals surface area contributed by atoms with E-state index in [1.165, 1.54) is 0 Å². The molecule has 0 fully saturated rings. The molecule has 0 saturated heterocycles. The summed E-state index contributed by atoms with van der Waals surface area (Å²) >= 11 is 0. The first-order chi connectivity index (χ1) is 9.70. The average Bonchev–Trinajstić information content (AvgIpc) is 2.99. The first-order valence-electron chi connectivity index (χ1n) is 6.67. The van der Waals surface area contributed by atoms with Gasteiger partial charge in [-0.1, -0.05) is 13.3 Å². The maximum atomic E-state index is 11.8. The number of carbonyl (C=O) groups excluding carboxylic acids is 1. The van der Waals surface area contributed by atoms with Gasteiger partial charge in [-0.05, 0) is 24.1 Å². The summed E-state index contributed by atoms with van der Waals surface area (Å²) in [6.07, 6.45) is 8.50. The van der Waals surface area contributed by atoms with Gasteiger partial charge >= 0.3 is 0 Å². The molecule has 6 nitrogen and oxygen atoms in total. The molecule has 0 radical (unpaired) electrons. The van der Waals surface area contributed by atoms with Crippen molar-refractivity contribution in [3.05, 3.63) is 42.6 Å². The first-order valence-corrected chi connectivity index (χ1v) is 6.67. The molecule has 2 heterocycles. The Bertz CT molecular complexity index is 552. The Balaban J connectivity index is 1.97. The standard InChI is InChI=1S/C14H19N5O/c1-2-3-12(15)14(20)18-9-11-4-5-17-13(8-11)19-7-6-16-10-19/h4-8,10,12H,2-3,9,15H2,1H3,(H,18,20). The maximum Gasteiger partial charge on any atom is 0.237 e. The highest BCUT2D eigenvalue weighted by Crippen LogP contribution is 2.06. The molecule has 2 aromatic heterocycles. The largest absolute Gasteiger partial charge is 0.351 e. The van der Waals surface area contributed by atoms with Gasteiger partial charge in [0.15, 0.2) is 0 Å². The second kappa shape index (κ2) is 6.81. The lowest BCUT2D eigenvalue weighted by Crippen LogP contribution is -2.40. The van der Waals surface area contributed by atoms with Crippen LogP contribution in [0.4, 0.5) is 0 Å². The zero-order chi connectivity index (χ0) is 14.4. The molecule has 0 aliphatic carbocycles. The second-order valence-corrected chi connectivity index (χ2v) is 4.61. The molecule has 0 bridgehead atoms. The van der Waals surface area contributed by atoms with Crippen LogP contribution in [0, 0.1) is 0 Å². The zero-order valence-corrected chi connectivity index (χ0v) is 11.5. The molecule has 2 rings (SSSR count). The van der Waals surface area contributed by atoms with Crippen LogP contribution in [0.1, 0.15) is 25.3 Å². The summed E-state index contributed by atoms with van der Waals surface area (Å²) in [5.74, 6) is 0.653. The fourth-order valence-corrected chi connectivity index (χ4v) is 1.87. The average molecular weight is 273 g/mol. The van der Waals surface area contributed by atoms with Crippen LogP contribution in [0.3, 0.4) is 0 Å². The third-order valence-corrected chi connectivity index (χ3v) is 2.98. The Morgan fingerprint density at radius 1 is 1.50 bits per heavy atom. The van der Waals surface area contributed by atoms with Crippen LogP contribution in [-0.2, 0) is 11.3 Å². The van der Waals surface area contributed by atoms with Crippen molar-refractivity contribution < 1.29 is 4.79 Å². The van der Waals surface area contributed by atoms with Crippen LogP contribution in [0.15, 0.2) is 37.1 Å². The van der Waals surface area contributed by atoms with Crippen LogP contribution < -0.4 is 11.1 Å². The molecule has 0 aliphatic heterocycles. The van der Waals surface area contributed by atoms with Crippen LogP contribution in [0.25, 0.3) is 5.82 Å². The van der Waals surface area contributed by atoms with Crippen LogP contribution in [-0.4, -0.2) is 26.5 Å². The highest BCUT2D eigenvalue weighted by atomic mass is 16.2. The molecular formula is C14H19N5O. The Morgan fingerprint density at radius 3 is 3.05 bits per heavy atom. The van der Waals surface area contributed by atoms with Crippen LogP contribution in [0.2, 0.25) is 0 Å². The first kappa shape index (κ1) is 14.2. The summed E-state index contributed by atoms with van der Waals surface area (Å²) in [4.78, 5) is 20.0. The van der Waals surface area contributed by atoms with Gasteiger partial charge in [0.1, 0.15) is 12.1 Å². The van der Waals surface area contributed by atoms with Crippen molar-refractivity contribution in [2.45, 2.75) is 32.4 Å². The number of amides is 1. The molecule has 20 heavy (non-hydrogen) atoms. The molecule has 106 valence electrons. The van der Waals surface area contributed by atoms with Crippen molar-refractivity contribution in [1.82, 2.24) is 19.9 Å². The summed E-state index contributed by atoms with van der Waals surface area (Å²) in [6.45, 7) is 2.45. The van der Waals surface area contributed by atoms with E-state index in [9.17, 15) is 4.79 Å². The molecule has 1 amide bonds. The van der Waals surface area contributed by atoms with E-state index in [1.54, 1.807) is 18.7 Å². The maximum absolute atomic E-state index is 11.8. The molecule has 2 aromatic rings. The summed E-state index contributed by atoms with van der Waals surface area (Å²) < 4.78 is 1.81. The van der Waals surface area contributed by atoms with E-state index in [0.717, 1.165) is 17.8 Å². The highest BCUT2D eigenvalue weighted by molar-refractivity contribution is 5.81. The van der Waals surface area contributed by atoms with Gasteiger partial charge in [-0.2, -0.15) is 0 Å². The number of carbonyl (C=O) groups is 1. The Morgan fingerprint density at radius 2 is 2.35 bits per heavy atom. The highest BCUT2D eigenvalue weighted by Gasteiger charge is 2.11. The number of aromatic nitrogens is 3. The van der Waals surface area contributed by atoms with Gasteiger partial charge in [0, 0.05) is 25.1 Å². The molecule has 1 atom stereocenters. The lowest BCUT2D eigenvalue weighted by molar-refractivity contribution is -0.122. The van der Waals surface area contributed by atoms with Crippen molar-refractivity contribution in [1.29, 1.82) is 0 Å². The number of hydrogen-bond acceptors (Lipinski definition) is 4. The van der Waals surface area contributed by atoms with E-state index >= 15 is 0 Å². The van der Waals surface area contributed by atoms with Gasteiger partial charge in [0.2, 0.25) is 5.91 Å². The minimum Gasteiger partial charge on any atom is -0.351 e. The molecule has 1 unspecified atom stereocenters. The normalized spacial score (nSPS) is 12.1. The fraction of sp³-hybridized carbons (Fsp3) is 0.357. The van der Waals surface area contributed by atoms with Gasteiger partial charge in [-0.25, -0.2) is 9.97 Å². The van der Waals surface area contributed by atoms with Crippen LogP contribution in [0.5, 0.6) is 0 Å². The number of nitrogens with zero attached hydrogens (tertiary/aromatic N) is 3. The van der Waals surface area contributed by atoms with E-state index in [2.05, 4.69) is 15.3 Å². The molecule has 6 heteroatoms. The lowest BCUT2D eigenvalue weighted by atomic mass is 10.1.